The number of nitrogens with one attached hydrogen (secondary N) is 1. The Kier molecular flexibility index (Phi) is 9.03. The number of benzene rings is 2. The van der Waals surface area contributed by atoms with Crippen molar-refractivity contribution < 1.29 is 17.9 Å². The second kappa shape index (κ2) is 11.7. The van der Waals surface area contributed by atoms with E-state index < -0.39 is 10.0 Å². The molecule has 0 aromatic heterocycles. The van der Waals surface area contributed by atoms with Crippen molar-refractivity contribution in [1.82, 2.24) is 14.5 Å². The molecule has 2 aromatic rings. The molecule has 168 valence electrons. The Labute approximate surface area is 192 Å². The van der Waals surface area contributed by atoms with Gasteiger partial charge in [-0.3, -0.25) is 9.69 Å². The molecule has 0 atom stereocenters. The van der Waals surface area contributed by atoms with Crippen LogP contribution < -0.4 is 5.32 Å². The van der Waals surface area contributed by atoms with Gasteiger partial charge in [0.15, 0.2) is 0 Å². The van der Waals surface area contributed by atoms with Crippen LogP contribution in [0, 0.1) is 0 Å². The van der Waals surface area contributed by atoms with Crippen LogP contribution in [0.3, 0.4) is 0 Å². The van der Waals surface area contributed by atoms with Gasteiger partial charge in [-0.25, -0.2) is 8.42 Å². The van der Waals surface area contributed by atoms with Gasteiger partial charge in [0.2, 0.25) is 15.9 Å². The molecule has 0 spiro atoms. The fraction of sp³-hybridized carbons (Fsp3) is 0.409. The van der Waals surface area contributed by atoms with Gasteiger partial charge >= 0.3 is 0 Å². The van der Waals surface area contributed by atoms with Gasteiger partial charge in [-0.05, 0) is 36.2 Å². The fourth-order valence-corrected chi connectivity index (χ4v) is 4.99. The van der Waals surface area contributed by atoms with Gasteiger partial charge in [0, 0.05) is 37.2 Å². The minimum Gasteiger partial charge on any atom is -0.379 e. The maximum Gasteiger partial charge on any atom is 0.243 e. The monoisotopic (exact) mass is 509 g/mol. The van der Waals surface area contributed by atoms with Crippen molar-refractivity contribution in [3.8, 4) is 0 Å². The molecule has 7 nitrogen and oxygen atoms in total. The third-order valence-corrected chi connectivity index (χ3v) is 7.51. The lowest BCUT2D eigenvalue weighted by molar-refractivity contribution is -0.121. The van der Waals surface area contributed by atoms with E-state index in [0.29, 0.717) is 26.2 Å². The van der Waals surface area contributed by atoms with Crippen LogP contribution in [0.15, 0.2) is 64.0 Å². The molecule has 9 heteroatoms. The van der Waals surface area contributed by atoms with Crippen molar-refractivity contribution in [1.29, 1.82) is 0 Å². The molecule has 31 heavy (non-hydrogen) atoms. The van der Waals surface area contributed by atoms with E-state index in [1.54, 1.807) is 24.3 Å². The zero-order valence-corrected chi connectivity index (χ0v) is 19.8. The highest BCUT2D eigenvalue weighted by atomic mass is 79.9. The Balaban J connectivity index is 1.64. The van der Waals surface area contributed by atoms with Crippen LogP contribution in [0.1, 0.15) is 5.56 Å². The number of sulfonamides is 1. The van der Waals surface area contributed by atoms with Crippen LogP contribution in [0.5, 0.6) is 0 Å². The number of carbonyl (C=O) groups is 1. The highest BCUT2D eigenvalue weighted by Crippen LogP contribution is 2.19. The van der Waals surface area contributed by atoms with E-state index in [0.717, 1.165) is 29.7 Å². The van der Waals surface area contributed by atoms with Crippen LogP contribution in [-0.4, -0.2) is 76.0 Å². The van der Waals surface area contributed by atoms with Crippen molar-refractivity contribution in [2.45, 2.75) is 11.3 Å². The molecule has 1 heterocycles. The minimum absolute atomic E-state index is 0.171. The van der Waals surface area contributed by atoms with Crippen LogP contribution >= 0.6 is 15.9 Å². The summed E-state index contributed by atoms with van der Waals surface area (Å²) < 4.78 is 33.8. The smallest absolute Gasteiger partial charge is 0.243 e. The first-order valence-corrected chi connectivity index (χ1v) is 12.5. The first kappa shape index (κ1) is 23.9. The molecule has 1 amide bonds. The number of carbonyl (C=O) groups excluding carboxylic acids is 1. The molecular formula is C22H28BrN3O4S. The number of ether oxygens (including phenoxy) is 1. The summed E-state index contributed by atoms with van der Waals surface area (Å²) >= 11 is 3.33. The first-order valence-electron chi connectivity index (χ1n) is 10.3. The number of morpholine rings is 1. The summed E-state index contributed by atoms with van der Waals surface area (Å²) in [6.07, 6.45) is 0.525. The molecule has 1 fully saturated rings. The van der Waals surface area contributed by atoms with Crippen molar-refractivity contribution in [2.24, 2.45) is 0 Å². The Hall–Kier alpha value is -1.78. The van der Waals surface area contributed by atoms with Crippen molar-refractivity contribution in [2.75, 3.05) is 52.5 Å². The van der Waals surface area contributed by atoms with Gasteiger partial charge in [-0.15, -0.1) is 0 Å². The van der Waals surface area contributed by atoms with Crippen LogP contribution in [0.25, 0.3) is 0 Å². The highest BCUT2D eigenvalue weighted by molar-refractivity contribution is 9.10. The molecule has 1 N–H and O–H groups in total. The third kappa shape index (κ3) is 7.40. The predicted octanol–water partition coefficient (Wildman–Crippen LogP) is 2.13. The first-order chi connectivity index (χ1) is 14.9. The molecule has 0 bridgehead atoms. The molecular weight excluding hydrogens is 482 g/mol. The van der Waals surface area contributed by atoms with E-state index in [-0.39, 0.29) is 23.9 Å². The van der Waals surface area contributed by atoms with Gasteiger partial charge in [0.05, 0.1) is 24.7 Å². The quantitative estimate of drug-likeness (QED) is 0.530. The van der Waals surface area contributed by atoms with Crippen molar-refractivity contribution in [3.05, 3.63) is 64.6 Å². The van der Waals surface area contributed by atoms with E-state index in [4.69, 9.17) is 4.74 Å². The SMILES string of the molecule is O=C(CN(CCc1ccccc1)S(=O)(=O)c1ccc(Br)cc1)NCCN1CCOCC1. The van der Waals surface area contributed by atoms with E-state index >= 15 is 0 Å². The topological polar surface area (TPSA) is 79.0 Å². The zero-order chi connectivity index (χ0) is 22.1. The van der Waals surface area contributed by atoms with E-state index in [1.807, 2.05) is 30.3 Å². The van der Waals surface area contributed by atoms with Gasteiger partial charge in [-0.1, -0.05) is 46.3 Å². The predicted molar refractivity (Wildman–Crippen MR) is 123 cm³/mol. The van der Waals surface area contributed by atoms with Crippen LogP contribution in [0.2, 0.25) is 0 Å². The second-order valence-corrected chi connectivity index (χ2v) is 10.2. The number of amides is 1. The molecule has 0 unspecified atom stereocenters. The van der Waals surface area contributed by atoms with Crippen LogP contribution in [0.4, 0.5) is 0 Å². The van der Waals surface area contributed by atoms with Gasteiger partial charge in [0.1, 0.15) is 0 Å². The summed E-state index contributed by atoms with van der Waals surface area (Å²) in [6.45, 7) is 4.29. The standard InChI is InChI=1S/C22H28BrN3O4S/c23-20-6-8-21(9-7-20)31(28,29)26(12-10-19-4-2-1-3-5-19)18-22(27)24-11-13-25-14-16-30-17-15-25/h1-9H,10-18H2,(H,24,27). The highest BCUT2D eigenvalue weighted by Gasteiger charge is 2.26. The molecule has 1 aliphatic rings. The third-order valence-electron chi connectivity index (χ3n) is 5.12. The summed E-state index contributed by atoms with van der Waals surface area (Å²) in [6, 6.07) is 16.1. The van der Waals surface area contributed by atoms with Gasteiger partial charge < -0.3 is 10.1 Å². The summed E-state index contributed by atoms with van der Waals surface area (Å²) in [5.41, 5.74) is 1.02. The Morgan fingerprint density at radius 2 is 1.74 bits per heavy atom. The summed E-state index contributed by atoms with van der Waals surface area (Å²) in [5, 5.41) is 2.86. The molecule has 3 rings (SSSR count). The van der Waals surface area contributed by atoms with Gasteiger partial charge in [0.25, 0.3) is 0 Å². The Bertz CT molecular complexity index is 933. The summed E-state index contributed by atoms with van der Waals surface area (Å²) in [4.78, 5) is 15.0. The lowest BCUT2D eigenvalue weighted by Gasteiger charge is -2.27. The van der Waals surface area contributed by atoms with E-state index in [1.165, 1.54) is 4.31 Å². The average molecular weight is 510 g/mol. The number of halogens is 1. The van der Waals surface area contributed by atoms with E-state index in [2.05, 4.69) is 26.1 Å². The van der Waals surface area contributed by atoms with Crippen LogP contribution in [-0.2, 0) is 26.0 Å². The Morgan fingerprint density at radius 3 is 2.42 bits per heavy atom. The lowest BCUT2D eigenvalue weighted by atomic mass is 10.1. The minimum atomic E-state index is -3.80. The lowest BCUT2D eigenvalue weighted by Crippen LogP contribution is -2.45. The molecule has 2 aromatic carbocycles. The van der Waals surface area contributed by atoms with Crippen molar-refractivity contribution in [3.63, 3.8) is 0 Å². The number of rotatable bonds is 10. The van der Waals surface area contributed by atoms with E-state index in [9.17, 15) is 13.2 Å². The Morgan fingerprint density at radius 1 is 1.06 bits per heavy atom. The molecule has 1 aliphatic heterocycles. The average Bonchev–Trinajstić information content (AvgIpc) is 2.78. The number of nitrogens with zero attached hydrogens (tertiary/aromatic N) is 2. The zero-order valence-electron chi connectivity index (χ0n) is 17.4. The molecule has 1 saturated heterocycles. The molecule has 0 saturated carbocycles. The van der Waals surface area contributed by atoms with Gasteiger partial charge in [-0.2, -0.15) is 4.31 Å². The molecule has 0 aliphatic carbocycles. The maximum atomic E-state index is 13.2. The maximum absolute atomic E-state index is 13.2. The molecule has 0 radical (unpaired) electrons. The largest absolute Gasteiger partial charge is 0.379 e. The van der Waals surface area contributed by atoms with Crippen molar-refractivity contribution >= 4 is 31.9 Å². The number of hydrogen-bond donors (Lipinski definition) is 1. The fourth-order valence-electron chi connectivity index (χ4n) is 3.33. The summed E-state index contributed by atoms with van der Waals surface area (Å²) in [5.74, 6) is -0.304. The number of hydrogen-bond acceptors (Lipinski definition) is 5. The summed E-state index contributed by atoms with van der Waals surface area (Å²) in [7, 11) is -3.80. The second-order valence-electron chi connectivity index (χ2n) is 7.33. The normalized spacial score (nSPS) is 15.2.